The van der Waals surface area contributed by atoms with Crippen molar-refractivity contribution in [3.8, 4) is 5.75 Å². The largest absolute Gasteiger partial charge is 0.477 e. The Morgan fingerprint density at radius 2 is 1.78 bits per heavy atom. The zero-order valence-corrected chi connectivity index (χ0v) is 20.5. The molecule has 2 aliphatic heterocycles. The molecule has 186 valence electrons. The highest BCUT2D eigenvalue weighted by Crippen LogP contribution is 2.35. The summed E-state index contributed by atoms with van der Waals surface area (Å²) in [6.45, 7) is 2.55. The number of amides is 2. The predicted molar refractivity (Wildman–Crippen MR) is 142 cm³/mol. The van der Waals surface area contributed by atoms with Gasteiger partial charge in [0, 0.05) is 24.2 Å². The van der Waals surface area contributed by atoms with Crippen molar-refractivity contribution in [2.24, 2.45) is 0 Å². The average molecular weight is 494 g/mol. The highest BCUT2D eigenvalue weighted by atomic mass is 16.5. The third kappa shape index (κ3) is 4.06. The van der Waals surface area contributed by atoms with Crippen molar-refractivity contribution in [1.82, 2.24) is 9.88 Å². The minimum atomic E-state index is -0.890. The van der Waals surface area contributed by atoms with Gasteiger partial charge in [-0.15, -0.1) is 0 Å². The number of fused-ring (bicyclic) bond motifs is 1. The third-order valence-electron chi connectivity index (χ3n) is 7.22. The Labute approximate surface area is 214 Å². The van der Waals surface area contributed by atoms with Gasteiger partial charge < -0.3 is 19.5 Å². The molecule has 0 saturated heterocycles. The molecule has 3 aromatic carbocycles. The second kappa shape index (κ2) is 9.24. The normalized spacial score (nSPS) is 17.8. The summed E-state index contributed by atoms with van der Waals surface area (Å²) in [6.07, 6.45) is 2.30. The van der Waals surface area contributed by atoms with Crippen molar-refractivity contribution in [2.45, 2.75) is 31.9 Å². The first-order chi connectivity index (χ1) is 18.0. The molecule has 0 radical (unpaired) electrons. The molecule has 0 unspecified atom stereocenters. The van der Waals surface area contributed by atoms with E-state index in [0.717, 1.165) is 23.1 Å². The van der Waals surface area contributed by atoms with E-state index < -0.39 is 12.0 Å². The summed E-state index contributed by atoms with van der Waals surface area (Å²) in [5.41, 5.74) is 3.48. The Morgan fingerprint density at radius 3 is 2.62 bits per heavy atom. The zero-order chi connectivity index (χ0) is 25.5. The quantitative estimate of drug-likeness (QED) is 0.458. The number of carbonyl (C=O) groups excluding carboxylic acids is 2. The Bertz CT molecular complexity index is 1580. The van der Waals surface area contributed by atoms with Crippen LogP contribution in [0.2, 0.25) is 0 Å². The van der Waals surface area contributed by atoms with Gasteiger partial charge in [-0.3, -0.25) is 14.4 Å². The molecule has 3 heterocycles. The van der Waals surface area contributed by atoms with Crippen LogP contribution in [-0.2, 0) is 17.6 Å². The molecule has 7 nitrogen and oxygen atoms in total. The number of hydrogen-bond acceptors (Lipinski definition) is 4. The molecule has 0 fully saturated rings. The number of rotatable bonds is 5. The van der Waals surface area contributed by atoms with Gasteiger partial charge >= 0.3 is 0 Å². The van der Waals surface area contributed by atoms with Crippen molar-refractivity contribution in [2.75, 3.05) is 18.0 Å². The number of pyridine rings is 1. The highest BCUT2D eigenvalue weighted by molar-refractivity contribution is 6.09. The standard InChI is InChI=1S/C30H27N3O4/c1-19-16-21-10-7-11-22-27(21)32(19)17-23(28(22)34)30(36)33-18-26(37-25-13-6-5-12-24(25)33)29(35)31-15-14-20-8-3-2-4-9-20/h2-13,17,19,26H,14-16,18H2,1H3,(H,31,35)/t19-,26-/m1/s1. The van der Waals surface area contributed by atoms with Crippen LogP contribution in [0.5, 0.6) is 5.75 Å². The maximum absolute atomic E-state index is 13.9. The Balaban J connectivity index is 1.29. The van der Waals surface area contributed by atoms with Gasteiger partial charge in [-0.2, -0.15) is 0 Å². The van der Waals surface area contributed by atoms with Crippen LogP contribution >= 0.6 is 0 Å². The lowest BCUT2D eigenvalue weighted by Gasteiger charge is -2.34. The first-order valence-corrected chi connectivity index (χ1v) is 12.6. The summed E-state index contributed by atoms with van der Waals surface area (Å²) in [7, 11) is 0. The SMILES string of the molecule is C[C@@H]1Cc2cccc3c(=O)c(C(=O)N4C[C@H](C(=O)NCCc5ccccc5)Oc5ccccc54)cn1c23. The smallest absolute Gasteiger partial charge is 0.264 e. The second-order valence-corrected chi connectivity index (χ2v) is 9.66. The van der Waals surface area contributed by atoms with Crippen LogP contribution in [0.3, 0.4) is 0 Å². The molecule has 0 bridgehead atoms. The van der Waals surface area contributed by atoms with Crippen LogP contribution in [-0.4, -0.2) is 35.6 Å². The highest BCUT2D eigenvalue weighted by Gasteiger charge is 2.36. The van der Waals surface area contributed by atoms with Crippen molar-refractivity contribution >= 4 is 28.4 Å². The number of nitrogens with zero attached hydrogens (tertiary/aromatic N) is 2. The second-order valence-electron chi connectivity index (χ2n) is 9.66. The minimum absolute atomic E-state index is 0.0140. The summed E-state index contributed by atoms with van der Waals surface area (Å²) in [5.74, 6) is -0.292. The molecule has 1 aromatic heterocycles. The van der Waals surface area contributed by atoms with Gasteiger partial charge in [0.05, 0.1) is 17.7 Å². The van der Waals surface area contributed by atoms with E-state index in [-0.39, 0.29) is 29.5 Å². The number of ether oxygens (including phenoxy) is 1. The van der Waals surface area contributed by atoms with E-state index in [2.05, 4.69) is 12.2 Å². The van der Waals surface area contributed by atoms with Crippen LogP contribution in [0.1, 0.15) is 34.5 Å². The van der Waals surface area contributed by atoms with Gasteiger partial charge in [-0.25, -0.2) is 0 Å². The first-order valence-electron chi connectivity index (χ1n) is 12.6. The lowest BCUT2D eigenvalue weighted by atomic mass is 10.1. The fourth-order valence-electron chi connectivity index (χ4n) is 5.37. The molecule has 0 aliphatic carbocycles. The van der Waals surface area contributed by atoms with E-state index in [1.54, 1.807) is 30.5 Å². The molecule has 2 aliphatic rings. The summed E-state index contributed by atoms with van der Waals surface area (Å²) in [6, 6.07) is 22.8. The molecular formula is C30H27N3O4. The lowest BCUT2D eigenvalue weighted by Crippen LogP contribution is -2.51. The van der Waals surface area contributed by atoms with E-state index in [1.165, 1.54) is 4.90 Å². The molecule has 4 aromatic rings. The molecule has 6 rings (SSSR count). The molecular weight excluding hydrogens is 466 g/mol. The fraction of sp³-hybridized carbons (Fsp3) is 0.233. The van der Waals surface area contributed by atoms with E-state index in [9.17, 15) is 14.4 Å². The predicted octanol–water partition coefficient (Wildman–Crippen LogP) is 3.89. The lowest BCUT2D eigenvalue weighted by molar-refractivity contribution is -0.127. The van der Waals surface area contributed by atoms with Crippen LogP contribution < -0.4 is 20.4 Å². The zero-order valence-electron chi connectivity index (χ0n) is 20.5. The van der Waals surface area contributed by atoms with E-state index in [0.29, 0.717) is 29.8 Å². The maximum atomic E-state index is 13.9. The van der Waals surface area contributed by atoms with Crippen molar-refractivity contribution in [1.29, 1.82) is 0 Å². The maximum Gasteiger partial charge on any atom is 0.264 e. The van der Waals surface area contributed by atoms with E-state index in [1.807, 2.05) is 53.1 Å². The molecule has 37 heavy (non-hydrogen) atoms. The third-order valence-corrected chi connectivity index (χ3v) is 7.22. The summed E-state index contributed by atoms with van der Waals surface area (Å²) in [5, 5.41) is 3.48. The summed E-state index contributed by atoms with van der Waals surface area (Å²) < 4.78 is 8.02. The topological polar surface area (TPSA) is 80.6 Å². The Hall–Kier alpha value is -4.39. The number of benzene rings is 3. The van der Waals surface area contributed by atoms with Gasteiger partial charge in [0.25, 0.3) is 11.8 Å². The van der Waals surface area contributed by atoms with Crippen molar-refractivity contribution < 1.29 is 14.3 Å². The van der Waals surface area contributed by atoms with Crippen molar-refractivity contribution in [3.05, 3.63) is 106 Å². The minimum Gasteiger partial charge on any atom is -0.477 e. The number of anilines is 1. The number of aromatic nitrogens is 1. The fourth-order valence-corrected chi connectivity index (χ4v) is 5.37. The molecule has 0 spiro atoms. The number of carbonyl (C=O) groups is 2. The molecule has 2 amide bonds. The van der Waals surface area contributed by atoms with Gasteiger partial charge in [-0.05, 0) is 49.1 Å². The number of para-hydroxylation sites is 3. The summed E-state index contributed by atoms with van der Waals surface area (Å²) >= 11 is 0. The monoisotopic (exact) mass is 493 g/mol. The average Bonchev–Trinajstić information content (AvgIpc) is 3.25. The van der Waals surface area contributed by atoms with Crippen LogP contribution in [0, 0.1) is 0 Å². The molecule has 2 atom stereocenters. The number of hydrogen-bond donors (Lipinski definition) is 1. The van der Waals surface area contributed by atoms with Crippen molar-refractivity contribution in [3.63, 3.8) is 0 Å². The van der Waals surface area contributed by atoms with E-state index in [4.69, 9.17) is 4.74 Å². The first kappa shape index (κ1) is 23.0. The number of nitrogens with one attached hydrogen (secondary N) is 1. The Morgan fingerprint density at radius 1 is 1.00 bits per heavy atom. The van der Waals surface area contributed by atoms with Gasteiger partial charge in [0.2, 0.25) is 5.43 Å². The molecule has 0 saturated carbocycles. The molecule has 1 N–H and O–H groups in total. The van der Waals surface area contributed by atoms with Crippen LogP contribution in [0.4, 0.5) is 5.69 Å². The van der Waals surface area contributed by atoms with Crippen LogP contribution in [0.15, 0.2) is 83.8 Å². The van der Waals surface area contributed by atoms with Gasteiger partial charge in [0.1, 0.15) is 11.3 Å². The summed E-state index contributed by atoms with van der Waals surface area (Å²) in [4.78, 5) is 41.9. The van der Waals surface area contributed by atoms with E-state index >= 15 is 0 Å². The molecule has 7 heteroatoms. The van der Waals surface area contributed by atoms with Gasteiger partial charge in [0.15, 0.2) is 6.10 Å². The van der Waals surface area contributed by atoms with Gasteiger partial charge in [-0.1, -0.05) is 54.6 Å². The Kier molecular flexibility index (Phi) is 5.75. The van der Waals surface area contributed by atoms with Crippen LogP contribution in [0.25, 0.3) is 10.9 Å².